The van der Waals surface area contributed by atoms with E-state index in [-0.39, 0.29) is 17.4 Å². The summed E-state index contributed by atoms with van der Waals surface area (Å²) in [5, 5.41) is 11.1. The zero-order chi connectivity index (χ0) is 18.4. The third-order valence-electron chi connectivity index (χ3n) is 3.79. The Bertz CT molecular complexity index is 774. The van der Waals surface area contributed by atoms with Crippen LogP contribution in [0.1, 0.15) is 23.2 Å². The van der Waals surface area contributed by atoms with E-state index in [4.69, 9.17) is 9.15 Å². The molecular weight excluding hydrogens is 356 g/mol. The van der Waals surface area contributed by atoms with Crippen LogP contribution in [0.2, 0.25) is 0 Å². The van der Waals surface area contributed by atoms with E-state index in [1.807, 2.05) is 0 Å². The topological polar surface area (TPSA) is 97.6 Å². The molecule has 1 aromatic heterocycles. The maximum absolute atomic E-state index is 12.1. The molecule has 1 aliphatic heterocycles. The first-order valence-corrected chi connectivity index (χ1v) is 9.25. The second-order valence-electron chi connectivity index (χ2n) is 5.82. The van der Waals surface area contributed by atoms with E-state index in [1.54, 1.807) is 24.3 Å². The highest BCUT2D eigenvalue weighted by molar-refractivity contribution is 7.99. The normalized spacial score (nSPS) is 15.0. The van der Waals surface area contributed by atoms with Crippen molar-refractivity contribution < 1.29 is 18.7 Å². The average Bonchev–Trinajstić information content (AvgIpc) is 3.08. The molecule has 0 aliphatic carbocycles. The van der Waals surface area contributed by atoms with Crippen molar-refractivity contribution in [2.45, 2.75) is 18.7 Å². The number of amides is 1. The van der Waals surface area contributed by atoms with E-state index in [0.717, 1.165) is 13.1 Å². The molecule has 0 atom stereocenters. The Balaban J connectivity index is 1.47. The average molecular weight is 376 g/mol. The van der Waals surface area contributed by atoms with Crippen molar-refractivity contribution in [2.75, 3.05) is 37.4 Å². The molecule has 9 heteroatoms. The van der Waals surface area contributed by atoms with E-state index >= 15 is 0 Å². The first-order chi connectivity index (χ1) is 12.6. The van der Waals surface area contributed by atoms with Gasteiger partial charge in [0.05, 0.1) is 25.5 Å². The molecule has 3 rings (SSSR count). The number of nitrogens with one attached hydrogen (secondary N) is 1. The predicted molar refractivity (Wildman–Crippen MR) is 96.2 cm³/mol. The zero-order valence-electron chi connectivity index (χ0n) is 14.4. The van der Waals surface area contributed by atoms with E-state index in [2.05, 4.69) is 20.4 Å². The molecule has 0 radical (unpaired) electrons. The zero-order valence-corrected chi connectivity index (χ0v) is 15.3. The van der Waals surface area contributed by atoms with Gasteiger partial charge in [-0.15, -0.1) is 10.2 Å². The first kappa shape index (κ1) is 18.6. The van der Waals surface area contributed by atoms with Crippen molar-refractivity contribution in [1.29, 1.82) is 0 Å². The fourth-order valence-electron chi connectivity index (χ4n) is 2.45. The number of anilines is 1. The summed E-state index contributed by atoms with van der Waals surface area (Å²) in [6.45, 7) is 5.17. The number of hydrogen-bond donors (Lipinski definition) is 1. The van der Waals surface area contributed by atoms with Crippen molar-refractivity contribution in [3.8, 4) is 0 Å². The van der Waals surface area contributed by atoms with Gasteiger partial charge in [0.1, 0.15) is 0 Å². The van der Waals surface area contributed by atoms with Crippen LogP contribution in [0.15, 0.2) is 33.9 Å². The summed E-state index contributed by atoms with van der Waals surface area (Å²) in [4.78, 5) is 25.6. The van der Waals surface area contributed by atoms with Gasteiger partial charge in [0.25, 0.3) is 5.22 Å². The number of thioether (sulfide) groups is 1. The number of Topliss-reactive ketones (excluding diaryl/α,β-unsaturated/α-hetero) is 1. The molecule has 26 heavy (non-hydrogen) atoms. The van der Waals surface area contributed by atoms with Gasteiger partial charge in [0.15, 0.2) is 5.78 Å². The maximum atomic E-state index is 12.1. The molecule has 138 valence electrons. The SMILES string of the molecule is CC(=O)c1cccc(NC(=O)CSc2nnc(CN3CCOCC3)o2)c1. The standard InChI is InChI=1S/C17H20N4O4S/c1-12(22)13-3-2-4-14(9-13)18-15(23)11-26-17-20-19-16(25-17)10-21-5-7-24-8-6-21/h2-4,9H,5-8,10-11H2,1H3,(H,18,23). The number of benzene rings is 1. The van der Waals surface area contributed by atoms with Gasteiger partial charge < -0.3 is 14.5 Å². The summed E-state index contributed by atoms with van der Waals surface area (Å²) in [6.07, 6.45) is 0. The van der Waals surface area contributed by atoms with Crippen molar-refractivity contribution in [3.05, 3.63) is 35.7 Å². The predicted octanol–water partition coefficient (Wildman–Crippen LogP) is 1.84. The van der Waals surface area contributed by atoms with Crippen LogP contribution in [-0.4, -0.2) is 58.8 Å². The van der Waals surface area contributed by atoms with Gasteiger partial charge in [-0.1, -0.05) is 23.9 Å². The van der Waals surface area contributed by atoms with Crippen LogP contribution in [0, 0.1) is 0 Å². The van der Waals surface area contributed by atoms with Gasteiger partial charge in [-0.2, -0.15) is 0 Å². The minimum atomic E-state index is -0.205. The largest absolute Gasteiger partial charge is 0.415 e. The number of hydrogen-bond acceptors (Lipinski definition) is 8. The summed E-state index contributed by atoms with van der Waals surface area (Å²) in [5.74, 6) is 0.422. The van der Waals surface area contributed by atoms with Crippen LogP contribution in [-0.2, 0) is 16.1 Å². The molecule has 2 heterocycles. The third kappa shape index (κ3) is 5.38. The maximum Gasteiger partial charge on any atom is 0.277 e. The van der Waals surface area contributed by atoms with Crippen molar-refractivity contribution >= 4 is 29.1 Å². The fraction of sp³-hybridized carbons (Fsp3) is 0.412. The molecule has 1 aliphatic rings. The highest BCUT2D eigenvalue weighted by Gasteiger charge is 2.15. The fourth-order valence-corrected chi connectivity index (χ4v) is 3.03. The number of nitrogens with zero attached hydrogens (tertiary/aromatic N) is 3. The summed E-state index contributed by atoms with van der Waals surface area (Å²) in [7, 11) is 0. The number of carbonyl (C=O) groups is 2. The molecule has 8 nitrogen and oxygen atoms in total. The second-order valence-corrected chi connectivity index (χ2v) is 6.75. The number of carbonyl (C=O) groups excluding carboxylic acids is 2. The lowest BCUT2D eigenvalue weighted by molar-refractivity contribution is -0.113. The van der Waals surface area contributed by atoms with Crippen LogP contribution in [0.4, 0.5) is 5.69 Å². The highest BCUT2D eigenvalue weighted by atomic mass is 32.2. The van der Waals surface area contributed by atoms with E-state index in [1.165, 1.54) is 18.7 Å². The van der Waals surface area contributed by atoms with Crippen molar-refractivity contribution in [1.82, 2.24) is 15.1 Å². The molecular formula is C17H20N4O4S. The molecule has 0 spiro atoms. The van der Waals surface area contributed by atoms with Crippen molar-refractivity contribution in [2.24, 2.45) is 0 Å². The number of ether oxygens (including phenoxy) is 1. The molecule has 0 unspecified atom stereocenters. The van der Waals surface area contributed by atoms with Crippen LogP contribution < -0.4 is 5.32 Å². The minimum Gasteiger partial charge on any atom is -0.415 e. The molecule has 1 aromatic carbocycles. The van der Waals surface area contributed by atoms with Gasteiger partial charge >= 0.3 is 0 Å². The molecule has 2 aromatic rings. The van der Waals surface area contributed by atoms with Crippen LogP contribution in [0.25, 0.3) is 0 Å². The Kier molecular flexibility index (Phi) is 6.37. The van der Waals surface area contributed by atoms with Crippen LogP contribution in [0.3, 0.4) is 0 Å². The molecule has 1 fully saturated rings. The van der Waals surface area contributed by atoms with Gasteiger partial charge in [-0.05, 0) is 19.1 Å². The smallest absolute Gasteiger partial charge is 0.277 e. The molecule has 1 N–H and O–H groups in total. The van der Waals surface area contributed by atoms with Crippen molar-refractivity contribution in [3.63, 3.8) is 0 Å². The summed E-state index contributed by atoms with van der Waals surface area (Å²) >= 11 is 1.18. The van der Waals surface area contributed by atoms with Gasteiger partial charge in [-0.25, -0.2) is 0 Å². The lowest BCUT2D eigenvalue weighted by Crippen LogP contribution is -2.35. The lowest BCUT2D eigenvalue weighted by atomic mass is 10.1. The Hall–Kier alpha value is -2.23. The Morgan fingerprint density at radius 2 is 2.08 bits per heavy atom. The molecule has 0 saturated carbocycles. The number of morpholine rings is 1. The van der Waals surface area contributed by atoms with E-state index in [9.17, 15) is 9.59 Å². The Morgan fingerprint density at radius 3 is 2.85 bits per heavy atom. The number of rotatable bonds is 7. The van der Waals surface area contributed by atoms with Gasteiger partial charge in [0, 0.05) is 24.3 Å². The third-order valence-corrected chi connectivity index (χ3v) is 4.61. The lowest BCUT2D eigenvalue weighted by Gasteiger charge is -2.24. The summed E-state index contributed by atoms with van der Waals surface area (Å²) in [6, 6.07) is 6.83. The molecule has 1 amide bonds. The monoisotopic (exact) mass is 376 g/mol. The molecule has 0 bridgehead atoms. The van der Waals surface area contributed by atoms with E-state index < -0.39 is 0 Å². The quantitative estimate of drug-likeness (QED) is 0.577. The summed E-state index contributed by atoms with van der Waals surface area (Å²) in [5.41, 5.74) is 1.14. The van der Waals surface area contributed by atoms with Crippen LogP contribution in [0.5, 0.6) is 0 Å². The van der Waals surface area contributed by atoms with Gasteiger partial charge in [-0.3, -0.25) is 14.5 Å². The Morgan fingerprint density at radius 1 is 1.27 bits per heavy atom. The van der Waals surface area contributed by atoms with Gasteiger partial charge in [0.2, 0.25) is 11.8 Å². The van der Waals surface area contributed by atoms with Crippen LogP contribution >= 0.6 is 11.8 Å². The number of ketones is 1. The molecule has 1 saturated heterocycles. The van der Waals surface area contributed by atoms with E-state index in [0.29, 0.717) is 42.1 Å². The number of aromatic nitrogens is 2. The Labute approximate surface area is 155 Å². The minimum absolute atomic E-state index is 0.0471. The highest BCUT2D eigenvalue weighted by Crippen LogP contribution is 2.18. The second kappa shape index (κ2) is 8.93. The first-order valence-electron chi connectivity index (χ1n) is 8.26. The summed E-state index contributed by atoms with van der Waals surface area (Å²) < 4.78 is 10.9.